The first-order valence-corrected chi connectivity index (χ1v) is 5.96. The van der Waals surface area contributed by atoms with Crippen molar-refractivity contribution in [1.29, 1.82) is 5.26 Å². The Morgan fingerprint density at radius 3 is 2.79 bits per heavy atom. The van der Waals surface area contributed by atoms with Crippen LogP contribution < -0.4 is 0 Å². The van der Waals surface area contributed by atoms with Crippen molar-refractivity contribution in [1.82, 2.24) is 14.5 Å². The van der Waals surface area contributed by atoms with Gasteiger partial charge in [-0.25, -0.2) is 4.98 Å². The maximum atomic E-state index is 12.4. The van der Waals surface area contributed by atoms with Gasteiger partial charge in [0.15, 0.2) is 0 Å². The maximum Gasteiger partial charge on any atom is 0.250 e. The van der Waals surface area contributed by atoms with E-state index in [-0.39, 0.29) is 11.9 Å². The predicted octanol–water partition coefficient (Wildman–Crippen LogP) is 1.32. The summed E-state index contributed by atoms with van der Waals surface area (Å²) in [6.45, 7) is 0.575. The van der Waals surface area contributed by atoms with Crippen LogP contribution in [0, 0.1) is 11.3 Å². The quantitative estimate of drug-likeness (QED) is 0.769. The van der Waals surface area contributed by atoms with Gasteiger partial charge in [0, 0.05) is 13.2 Å². The number of hydrogen-bond donors (Lipinski definition) is 0. The Morgan fingerprint density at radius 1 is 1.37 bits per heavy atom. The molecule has 0 N–H and O–H groups in total. The summed E-state index contributed by atoms with van der Waals surface area (Å²) >= 11 is 0. The topological polar surface area (TPSA) is 61.9 Å². The van der Waals surface area contributed by atoms with Crippen LogP contribution in [0.4, 0.5) is 0 Å². The number of nitriles is 1. The summed E-state index contributed by atoms with van der Waals surface area (Å²) < 4.78 is 1.89. The van der Waals surface area contributed by atoms with Crippen LogP contribution in [-0.2, 0) is 11.3 Å². The van der Waals surface area contributed by atoms with Gasteiger partial charge in [0.25, 0.3) is 0 Å². The Morgan fingerprint density at radius 2 is 2.11 bits per heavy atom. The molecule has 0 saturated heterocycles. The Hall–Kier alpha value is -2.61. The number of fused-ring (bicyclic) bond motifs is 1. The lowest BCUT2D eigenvalue weighted by Gasteiger charge is -2.31. The van der Waals surface area contributed by atoms with Crippen LogP contribution in [0.25, 0.3) is 0 Å². The van der Waals surface area contributed by atoms with Crippen molar-refractivity contribution >= 4 is 5.91 Å². The minimum absolute atomic E-state index is 0.0372. The molecule has 0 fully saturated rings. The van der Waals surface area contributed by atoms with E-state index in [0.717, 1.165) is 11.3 Å². The van der Waals surface area contributed by atoms with Gasteiger partial charge in [-0.3, -0.25) is 4.79 Å². The molecule has 5 nitrogen and oxygen atoms in total. The molecule has 19 heavy (non-hydrogen) atoms. The molecule has 0 bridgehead atoms. The van der Waals surface area contributed by atoms with Gasteiger partial charge in [0.2, 0.25) is 5.91 Å². The molecule has 2 aromatic rings. The molecule has 0 radical (unpaired) electrons. The van der Waals surface area contributed by atoms with Crippen LogP contribution in [0.2, 0.25) is 0 Å². The van der Waals surface area contributed by atoms with E-state index in [1.165, 1.54) is 0 Å². The Bertz CT molecular complexity index is 665. The second-order valence-electron chi connectivity index (χ2n) is 4.62. The molecule has 2 heterocycles. The molecule has 1 aliphatic rings. The first kappa shape index (κ1) is 11.5. The van der Waals surface area contributed by atoms with Gasteiger partial charge in [0.1, 0.15) is 6.04 Å². The summed E-state index contributed by atoms with van der Waals surface area (Å²) in [5, 5.41) is 8.82. The summed E-state index contributed by atoms with van der Waals surface area (Å²) in [5.41, 5.74) is 2.47. The van der Waals surface area contributed by atoms with Crippen LogP contribution in [-0.4, -0.2) is 27.4 Å². The van der Waals surface area contributed by atoms with Crippen molar-refractivity contribution < 1.29 is 4.79 Å². The maximum absolute atomic E-state index is 12.4. The molecule has 1 amide bonds. The summed E-state index contributed by atoms with van der Waals surface area (Å²) in [4.78, 5) is 18.2. The molecule has 0 saturated carbocycles. The normalized spacial score (nSPS) is 18.0. The smallest absolute Gasteiger partial charge is 0.250 e. The fourth-order valence-electron chi connectivity index (χ4n) is 2.38. The van der Waals surface area contributed by atoms with Gasteiger partial charge >= 0.3 is 0 Å². The number of rotatable bonds is 1. The highest BCUT2D eigenvalue weighted by molar-refractivity contribution is 5.84. The van der Waals surface area contributed by atoms with E-state index in [2.05, 4.69) is 11.1 Å². The summed E-state index contributed by atoms with van der Waals surface area (Å²) in [5.74, 6) is 0.0372. The van der Waals surface area contributed by atoms with Gasteiger partial charge in [-0.2, -0.15) is 5.26 Å². The van der Waals surface area contributed by atoms with Crippen LogP contribution in [0.1, 0.15) is 22.9 Å². The highest BCUT2D eigenvalue weighted by atomic mass is 16.2. The second-order valence-corrected chi connectivity index (χ2v) is 4.62. The van der Waals surface area contributed by atoms with Crippen LogP contribution in [0.15, 0.2) is 36.8 Å². The van der Waals surface area contributed by atoms with Gasteiger partial charge in [-0.15, -0.1) is 0 Å². The van der Waals surface area contributed by atoms with Crippen molar-refractivity contribution in [3.63, 3.8) is 0 Å². The molecular weight excluding hydrogens is 240 g/mol. The number of amides is 1. The number of nitrogens with zero attached hydrogens (tertiary/aromatic N) is 4. The number of hydrogen-bond acceptors (Lipinski definition) is 3. The Balaban J connectivity index is 2.08. The second kappa shape index (κ2) is 4.25. The van der Waals surface area contributed by atoms with Crippen molar-refractivity contribution in [2.45, 2.75) is 12.6 Å². The van der Waals surface area contributed by atoms with Gasteiger partial charge in [0.05, 0.1) is 30.2 Å². The highest BCUT2D eigenvalue weighted by Gasteiger charge is 2.31. The third-order valence-electron chi connectivity index (χ3n) is 3.39. The van der Waals surface area contributed by atoms with E-state index in [1.54, 1.807) is 36.6 Å². The third kappa shape index (κ3) is 1.78. The summed E-state index contributed by atoms with van der Waals surface area (Å²) in [6, 6.07) is 8.80. The first-order chi connectivity index (χ1) is 9.20. The molecule has 1 atom stereocenters. The standard InChI is InChI=1S/C14H12N4O/c1-17-8-12-7-16-9-18(12)13(14(17)19)11-4-2-10(6-15)3-5-11/h2-5,7,9,13H,8H2,1H3. The van der Waals surface area contributed by atoms with E-state index in [0.29, 0.717) is 12.1 Å². The monoisotopic (exact) mass is 252 g/mol. The molecule has 1 aromatic heterocycles. The molecule has 94 valence electrons. The minimum atomic E-state index is -0.385. The number of likely N-dealkylation sites (N-methyl/N-ethyl adjacent to an activating group) is 1. The predicted molar refractivity (Wildman–Crippen MR) is 68.0 cm³/mol. The van der Waals surface area contributed by atoms with Crippen LogP contribution in [0.3, 0.4) is 0 Å². The Labute approximate surface area is 110 Å². The van der Waals surface area contributed by atoms with Gasteiger partial charge < -0.3 is 9.47 Å². The fourth-order valence-corrected chi connectivity index (χ4v) is 2.38. The summed E-state index contributed by atoms with van der Waals surface area (Å²) in [6.07, 6.45) is 3.46. The Kier molecular flexibility index (Phi) is 2.57. The molecular formula is C14H12N4O. The number of benzene rings is 1. The van der Waals surface area contributed by atoms with Crippen LogP contribution in [0.5, 0.6) is 0 Å². The van der Waals surface area contributed by atoms with Crippen LogP contribution >= 0.6 is 0 Å². The minimum Gasteiger partial charge on any atom is -0.338 e. The van der Waals surface area contributed by atoms with Gasteiger partial charge in [-0.05, 0) is 17.7 Å². The lowest BCUT2D eigenvalue weighted by Crippen LogP contribution is -2.40. The average molecular weight is 252 g/mol. The zero-order chi connectivity index (χ0) is 13.4. The number of imidazole rings is 1. The SMILES string of the molecule is CN1Cc2cncn2C(c2ccc(C#N)cc2)C1=O. The molecule has 0 spiro atoms. The molecule has 1 unspecified atom stereocenters. The largest absolute Gasteiger partial charge is 0.338 e. The number of carbonyl (C=O) groups is 1. The zero-order valence-corrected chi connectivity index (χ0v) is 10.4. The molecule has 1 aliphatic heterocycles. The first-order valence-electron chi connectivity index (χ1n) is 5.96. The number of carbonyl (C=O) groups excluding carboxylic acids is 1. The highest BCUT2D eigenvalue weighted by Crippen LogP contribution is 2.27. The van der Waals surface area contributed by atoms with E-state index in [9.17, 15) is 4.79 Å². The lowest BCUT2D eigenvalue weighted by molar-refractivity contribution is -0.134. The lowest BCUT2D eigenvalue weighted by atomic mass is 10.0. The van der Waals surface area contributed by atoms with E-state index in [4.69, 9.17) is 5.26 Å². The molecule has 5 heteroatoms. The van der Waals surface area contributed by atoms with E-state index < -0.39 is 0 Å². The zero-order valence-electron chi connectivity index (χ0n) is 10.4. The van der Waals surface area contributed by atoms with E-state index >= 15 is 0 Å². The fraction of sp³-hybridized carbons (Fsp3) is 0.214. The van der Waals surface area contributed by atoms with Crippen molar-refractivity contribution in [3.8, 4) is 6.07 Å². The molecule has 0 aliphatic carbocycles. The average Bonchev–Trinajstić information content (AvgIpc) is 2.88. The molecule has 3 rings (SSSR count). The summed E-state index contributed by atoms with van der Waals surface area (Å²) in [7, 11) is 1.79. The van der Waals surface area contributed by atoms with E-state index in [1.807, 2.05) is 16.7 Å². The number of aromatic nitrogens is 2. The third-order valence-corrected chi connectivity index (χ3v) is 3.39. The van der Waals surface area contributed by atoms with Crippen molar-refractivity contribution in [3.05, 3.63) is 53.6 Å². The molecule has 1 aromatic carbocycles. The van der Waals surface area contributed by atoms with Gasteiger partial charge in [-0.1, -0.05) is 12.1 Å². The van der Waals surface area contributed by atoms with Crippen molar-refractivity contribution in [2.75, 3.05) is 7.05 Å². The van der Waals surface area contributed by atoms with Crippen molar-refractivity contribution in [2.24, 2.45) is 0 Å².